The van der Waals surface area contributed by atoms with Crippen LogP contribution in [0.2, 0.25) is 5.02 Å². The Morgan fingerprint density at radius 2 is 1.28 bits per heavy atom. The second-order valence-electron chi connectivity index (χ2n) is 9.89. The second kappa shape index (κ2) is 14.1. The topological polar surface area (TPSA) is 184 Å². The van der Waals surface area contributed by atoms with Crippen LogP contribution in [-0.2, 0) is 0 Å². The summed E-state index contributed by atoms with van der Waals surface area (Å²) in [4.78, 5) is 37.6. The SMILES string of the molecule is Nc1cccc(-c2csc(-c3cncnc3N)n2)c1.Nc1ncncc1-c1nc(-c2cccc(NC(=O)c3cccc(Cl)c3)c2)cs1. The van der Waals surface area contributed by atoms with Crippen LogP contribution in [0, 0.1) is 0 Å². The van der Waals surface area contributed by atoms with E-state index < -0.39 is 0 Å². The fraction of sp³-hybridized carbons (Fsp3) is 0. The zero-order chi connectivity index (χ0) is 32.8. The van der Waals surface area contributed by atoms with Crippen LogP contribution in [0.4, 0.5) is 23.0 Å². The number of halogens is 1. The van der Waals surface area contributed by atoms with E-state index in [0.717, 1.165) is 43.8 Å². The van der Waals surface area contributed by atoms with E-state index in [2.05, 4.69) is 35.2 Å². The molecule has 4 heterocycles. The summed E-state index contributed by atoms with van der Waals surface area (Å²) in [6.45, 7) is 0. The average molecular weight is 677 g/mol. The molecule has 0 aliphatic rings. The fourth-order valence-electron chi connectivity index (χ4n) is 4.36. The van der Waals surface area contributed by atoms with Gasteiger partial charge in [-0.2, -0.15) is 0 Å². The van der Waals surface area contributed by atoms with Crippen LogP contribution in [0.25, 0.3) is 43.7 Å². The first-order chi connectivity index (χ1) is 22.8. The third kappa shape index (κ3) is 7.56. The minimum atomic E-state index is -0.229. The molecule has 0 aliphatic carbocycles. The van der Waals surface area contributed by atoms with Crippen LogP contribution in [0.3, 0.4) is 0 Å². The number of thiazole rings is 2. The third-order valence-corrected chi connectivity index (χ3v) is 8.63. The number of hydrogen-bond acceptors (Lipinski definition) is 12. The minimum Gasteiger partial charge on any atom is -0.399 e. The van der Waals surface area contributed by atoms with Crippen LogP contribution in [-0.4, -0.2) is 35.8 Å². The standard InChI is InChI=1S/C20H14ClN5OS.C13H11N5S/c21-14-5-1-4-13(7-14)19(27)25-15-6-2-3-12(8-15)17-10-28-20(26-17)16-9-23-11-24-18(16)22;14-9-3-1-2-8(4-9)11-6-19-13(18-11)10-5-16-7-17-12(10)15/h1-11H,(H,25,27)(H2,22,23,24);1-7H,14H2,(H2,15,16,17). The summed E-state index contributed by atoms with van der Waals surface area (Å²) < 4.78 is 0. The van der Waals surface area contributed by atoms with Crippen molar-refractivity contribution >= 4 is 63.2 Å². The quantitative estimate of drug-likeness (QED) is 0.131. The minimum absolute atomic E-state index is 0.229. The molecule has 232 valence electrons. The Balaban J connectivity index is 0.000000177. The van der Waals surface area contributed by atoms with Crippen molar-refractivity contribution in [3.8, 4) is 43.7 Å². The van der Waals surface area contributed by atoms with Crippen molar-refractivity contribution in [2.45, 2.75) is 0 Å². The molecule has 3 aromatic carbocycles. The Hall–Kier alpha value is -5.76. The van der Waals surface area contributed by atoms with Crippen LogP contribution < -0.4 is 22.5 Å². The molecule has 14 heteroatoms. The first-order valence-electron chi connectivity index (χ1n) is 13.9. The largest absolute Gasteiger partial charge is 0.399 e. The molecule has 7 rings (SSSR count). The Morgan fingerprint density at radius 1 is 0.702 bits per heavy atom. The average Bonchev–Trinajstić information content (AvgIpc) is 3.77. The van der Waals surface area contributed by atoms with Gasteiger partial charge in [0.2, 0.25) is 0 Å². The predicted octanol–water partition coefficient (Wildman–Crippen LogP) is 7.19. The number of carbonyl (C=O) groups excluding carboxylic acids is 1. The molecule has 0 bridgehead atoms. The number of aromatic nitrogens is 6. The molecule has 47 heavy (non-hydrogen) atoms. The van der Waals surface area contributed by atoms with E-state index in [4.69, 9.17) is 28.8 Å². The number of hydrogen-bond donors (Lipinski definition) is 4. The lowest BCUT2D eigenvalue weighted by molar-refractivity contribution is 0.102. The molecular weight excluding hydrogens is 652 g/mol. The molecule has 0 aliphatic heterocycles. The van der Waals surface area contributed by atoms with Gasteiger partial charge in [0.05, 0.1) is 22.5 Å². The molecule has 0 saturated carbocycles. The molecule has 0 spiro atoms. The summed E-state index contributed by atoms with van der Waals surface area (Å²) in [5.74, 6) is 0.592. The number of amides is 1. The van der Waals surface area contributed by atoms with Crippen LogP contribution in [0.15, 0.2) is 109 Å². The Morgan fingerprint density at radius 3 is 1.85 bits per heavy atom. The highest BCUT2D eigenvalue weighted by Crippen LogP contribution is 2.33. The monoisotopic (exact) mass is 676 g/mol. The first kappa shape index (κ1) is 31.2. The van der Waals surface area contributed by atoms with Crippen molar-refractivity contribution in [3.05, 3.63) is 119 Å². The van der Waals surface area contributed by atoms with Crippen molar-refractivity contribution in [2.75, 3.05) is 22.5 Å². The van der Waals surface area contributed by atoms with Gasteiger partial charge >= 0.3 is 0 Å². The molecule has 11 nitrogen and oxygen atoms in total. The summed E-state index contributed by atoms with van der Waals surface area (Å²) in [5, 5.41) is 8.83. The lowest BCUT2D eigenvalue weighted by Crippen LogP contribution is -2.11. The van der Waals surface area contributed by atoms with E-state index in [1.165, 1.54) is 35.3 Å². The van der Waals surface area contributed by atoms with Gasteiger partial charge in [0.25, 0.3) is 5.91 Å². The Kier molecular flexibility index (Phi) is 9.38. The molecule has 0 atom stereocenters. The van der Waals surface area contributed by atoms with Gasteiger partial charge in [-0.05, 0) is 42.5 Å². The van der Waals surface area contributed by atoms with Gasteiger partial charge in [-0.25, -0.2) is 29.9 Å². The van der Waals surface area contributed by atoms with Crippen LogP contribution >= 0.6 is 34.3 Å². The highest BCUT2D eigenvalue weighted by atomic mass is 35.5. The van der Waals surface area contributed by atoms with Gasteiger partial charge in [0.15, 0.2) is 0 Å². The van der Waals surface area contributed by atoms with E-state index in [1.807, 2.05) is 59.3 Å². The van der Waals surface area contributed by atoms with Gasteiger partial charge in [0, 0.05) is 56.2 Å². The van der Waals surface area contributed by atoms with E-state index in [1.54, 1.807) is 36.7 Å². The summed E-state index contributed by atoms with van der Waals surface area (Å²) in [6.07, 6.45) is 6.14. The zero-order valence-corrected chi connectivity index (χ0v) is 26.8. The van der Waals surface area contributed by atoms with E-state index >= 15 is 0 Å². The van der Waals surface area contributed by atoms with Crippen LogP contribution in [0.1, 0.15) is 10.4 Å². The first-order valence-corrected chi connectivity index (χ1v) is 16.0. The molecule has 7 aromatic rings. The summed E-state index contributed by atoms with van der Waals surface area (Å²) in [7, 11) is 0. The Bertz CT molecular complexity index is 2180. The fourth-order valence-corrected chi connectivity index (χ4v) is 6.24. The maximum atomic E-state index is 12.4. The molecule has 0 fully saturated rings. The van der Waals surface area contributed by atoms with Crippen molar-refractivity contribution in [2.24, 2.45) is 0 Å². The van der Waals surface area contributed by atoms with Gasteiger partial charge in [-0.15, -0.1) is 22.7 Å². The summed E-state index contributed by atoms with van der Waals surface area (Å²) >= 11 is 8.92. The van der Waals surface area contributed by atoms with Gasteiger partial charge < -0.3 is 22.5 Å². The molecule has 0 unspecified atom stereocenters. The van der Waals surface area contributed by atoms with Crippen molar-refractivity contribution < 1.29 is 4.79 Å². The summed E-state index contributed by atoms with van der Waals surface area (Å²) in [5.41, 5.74) is 24.3. The number of rotatable bonds is 6. The predicted molar refractivity (Wildman–Crippen MR) is 190 cm³/mol. The second-order valence-corrected chi connectivity index (χ2v) is 12.0. The van der Waals surface area contributed by atoms with Gasteiger partial charge in [-0.1, -0.05) is 41.9 Å². The van der Waals surface area contributed by atoms with E-state index in [9.17, 15) is 4.79 Å². The lowest BCUT2D eigenvalue weighted by atomic mass is 10.1. The highest BCUT2D eigenvalue weighted by Gasteiger charge is 2.13. The number of anilines is 4. The molecule has 0 radical (unpaired) electrons. The third-order valence-electron chi connectivity index (χ3n) is 6.64. The molecule has 4 aromatic heterocycles. The van der Waals surface area contributed by atoms with Crippen molar-refractivity contribution in [1.29, 1.82) is 0 Å². The summed E-state index contributed by atoms with van der Waals surface area (Å²) in [6, 6.07) is 21.9. The number of benzene rings is 3. The lowest BCUT2D eigenvalue weighted by Gasteiger charge is -2.07. The molecule has 7 N–H and O–H groups in total. The highest BCUT2D eigenvalue weighted by molar-refractivity contribution is 7.13. The number of nitrogen functional groups attached to an aromatic ring is 3. The number of nitrogens with one attached hydrogen (secondary N) is 1. The smallest absolute Gasteiger partial charge is 0.255 e. The number of carbonyl (C=O) groups is 1. The molecule has 1 amide bonds. The maximum Gasteiger partial charge on any atom is 0.255 e. The van der Waals surface area contributed by atoms with Crippen molar-refractivity contribution in [3.63, 3.8) is 0 Å². The van der Waals surface area contributed by atoms with E-state index in [0.29, 0.717) is 33.5 Å². The molecule has 0 saturated heterocycles. The normalized spacial score (nSPS) is 10.6. The maximum absolute atomic E-state index is 12.4. The van der Waals surface area contributed by atoms with E-state index in [-0.39, 0.29) is 5.91 Å². The number of nitrogens with zero attached hydrogens (tertiary/aromatic N) is 6. The molecular formula is C33H25ClN10OS2. The van der Waals surface area contributed by atoms with Crippen molar-refractivity contribution in [1.82, 2.24) is 29.9 Å². The van der Waals surface area contributed by atoms with Gasteiger partial charge in [-0.3, -0.25) is 4.79 Å². The number of nitrogens with two attached hydrogens (primary N) is 3. The Labute approximate surface area is 282 Å². The van der Waals surface area contributed by atoms with Gasteiger partial charge in [0.1, 0.15) is 34.3 Å². The zero-order valence-electron chi connectivity index (χ0n) is 24.4. The van der Waals surface area contributed by atoms with Crippen LogP contribution in [0.5, 0.6) is 0 Å².